The molecular weight excluding hydrogens is 585 g/mol. The van der Waals surface area contributed by atoms with Gasteiger partial charge in [0.1, 0.15) is 6.54 Å². The molecule has 37 heavy (non-hydrogen) atoms. The van der Waals surface area contributed by atoms with E-state index in [-0.39, 0.29) is 28.9 Å². The van der Waals surface area contributed by atoms with Gasteiger partial charge in [-0.2, -0.15) is 0 Å². The molecule has 3 aliphatic rings. The first-order chi connectivity index (χ1) is 17.3. The van der Waals surface area contributed by atoms with Crippen molar-refractivity contribution in [3.63, 3.8) is 0 Å². The molecule has 0 spiro atoms. The Hall–Kier alpha value is -2.36. The van der Waals surface area contributed by atoms with Gasteiger partial charge < -0.3 is 19.5 Å². The zero-order valence-corrected chi connectivity index (χ0v) is 24.7. The average molecular weight is 622 g/mol. The molecule has 7 nitrogen and oxygen atoms in total. The third kappa shape index (κ3) is 5.31. The molecule has 0 fully saturated rings. The van der Waals surface area contributed by atoms with Crippen LogP contribution in [-0.4, -0.2) is 47.8 Å². The van der Waals surface area contributed by atoms with E-state index in [9.17, 15) is 19.5 Å². The molecule has 0 aromatic heterocycles. The number of carbonyl (C=O) groups is 3. The van der Waals surface area contributed by atoms with Crippen LogP contribution in [0, 0.1) is 14.4 Å². The van der Waals surface area contributed by atoms with Gasteiger partial charge in [0.15, 0.2) is 23.1 Å². The number of nitrogens with zero attached hydrogens (tertiary/aromatic N) is 1. The zero-order chi connectivity index (χ0) is 27.3. The molecule has 200 valence electrons. The van der Waals surface area contributed by atoms with Crippen molar-refractivity contribution in [2.24, 2.45) is 10.8 Å². The number of benzene rings is 1. The van der Waals surface area contributed by atoms with Gasteiger partial charge in [0.05, 0.1) is 17.3 Å². The maximum absolute atomic E-state index is 13.8. The molecule has 1 aliphatic heterocycles. The molecular formula is C29H36INO6. The van der Waals surface area contributed by atoms with E-state index >= 15 is 0 Å². The van der Waals surface area contributed by atoms with E-state index in [1.807, 2.05) is 46.8 Å². The minimum Gasteiger partial charge on any atom is -0.493 e. The number of carboxylic acid groups (broad SMARTS) is 1. The summed E-state index contributed by atoms with van der Waals surface area (Å²) >= 11 is 2.21. The van der Waals surface area contributed by atoms with E-state index in [4.69, 9.17) is 9.47 Å². The largest absolute Gasteiger partial charge is 0.493 e. The number of halogens is 1. The number of hydrogen-bond donors (Lipinski definition) is 1. The fourth-order valence-electron chi connectivity index (χ4n) is 5.96. The SMILES string of the molecule is CCCOc1c(I)cc(C2C3=C(CC(C)(C)CC3=O)N(CC(=O)O)C3=C2C(=O)CC(C)(C)C3)cc1OC. The smallest absolute Gasteiger partial charge is 0.323 e. The predicted octanol–water partition coefficient (Wildman–Crippen LogP) is 5.86. The fourth-order valence-corrected chi connectivity index (χ4v) is 6.74. The molecule has 0 saturated heterocycles. The van der Waals surface area contributed by atoms with E-state index in [1.165, 1.54) is 0 Å². The molecule has 0 saturated carbocycles. The van der Waals surface area contributed by atoms with Crippen LogP contribution >= 0.6 is 22.6 Å². The van der Waals surface area contributed by atoms with Crippen molar-refractivity contribution < 1.29 is 29.0 Å². The normalized spacial score (nSPS) is 21.1. The Morgan fingerprint density at radius 3 is 2.03 bits per heavy atom. The van der Waals surface area contributed by atoms with Gasteiger partial charge in [-0.25, -0.2) is 0 Å². The van der Waals surface area contributed by atoms with Crippen molar-refractivity contribution >= 4 is 40.1 Å². The predicted molar refractivity (Wildman–Crippen MR) is 149 cm³/mol. The van der Waals surface area contributed by atoms with Crippen LogP contribution in [-0.2, 0) is 14.4 Å². The van der Waals surface area contributed by atoms with Gasteiger partial charge in [0.25, 0.3) is 0 Å². The summed E-state index contributed by atoms with van der Waals surface area (Å²) in [6.45, 7) is 10.4. The molecule has 2 aliphatic carbocycles. The topological polar surface area (TPSA) is 93.1 Å². The van der Waals surface area contributed by atoms with Gasteiger partial charge in [-0.15, -0.1) is 0 Å². The second-order valence-corrected chi connectivity index (χ2v) is 13.1. The van der Waals surface area contributed by atoms with Gasteiger partial charge in [-0.3, -0.25) is 14.4 Å². The second kappa shape index (κ2) is 10.1. The third-order valence-electron chi connectivity index (χ3n) is 7.35. The fraction of sp³-hybridized carbons (Fsp3) is 0.552. The number of allylic oxidation sites excluding steroid dienone is 4. The lowest BCUT2D eigenvalue weighted by Crippen LogP contribution is -2.45. The summed E-state index contributed by atoms with van der Waals surface area (Å²) in [6, 6.07) is 3.85. The minimum absolute atomic E-state index is 0.0314. The Morgan fingerprint density at radius 1 is 1.03 bits per heavy atom. The summed E-state index contributed by atoms with van der Waals surface area (Å²) < 4.78 is 12.5. The highest BCUT2D eigenvalue weighted by Gasteiger charge is 2.49. The number of ketones is 2. The Balaban J connectivity index is 2.00. The molecule has 1 heterocycles. The monoisotopic (exact) mass is 621 g/mol. The molecule has 1 aromatic carbocycles. The molecule has 4 rings (SSSR count). The molecule has 0 bridgehead atoms. The standard InChI is InChI=1S/C29H36INO6/c1-7-8-37-27-17(30)9-16(10-22(27)36-6)24-25-18(11-28(2,3)13-20(25)32)31(15-23(34)35)19-12-29(4,5)14-21(33)26(19)24/h9-10,24H,7-8,11-15H2,1-6H3,(H,34,35). The third-order valence-corrected chi connectivity index (χ3v) is 8.15. The lowest BCUT2D eigenvalue weighted by molar-refractivity contribution is -0.138. The highest BCUT2D eigenvalue weighted by Crippen LogP contribution is 2.55. The number of methoxy groups -OCH3 is 1. The maximum atomic E-state index is 13.8. The molecule has 1 N–H and O–H groups in total. The zero-order valence-electron chi connectivity index (χ0n) is 22.5. The molecule has 1 aromatic rings. The molecule has 0 unspecified atom stereocenters. The van der Waals surface area contributed by atoms with E-state index in [0.29, 0.717) is 54.9 Å². The van der Waals surface area contributed by atoms with Crippen molar-refractivity contribution in [1.29, 1.82) is 0 Å². The van der Waals surface area contributed by atoms with Crippen LogP contribution in [0.25, 0.3) is 0 Å². The van der Waals surface area contributed by atoms with Crippen LogP contribution in [0.3, 0.4) is 0 Å². The Bertz CT molecular complexity index is 1170. The first-order valence-electron chi connectivity index (χ1n) is 12.8. The number of hydrogen-bond acceptors (Lipinski definition) is 6. The quantitative estimate of drug-likeness (QED) is 0.382. The molecule has 8 heteroatoms. The summed E-state index contributed by atoms with van der Waals surface area (Å²) in [6.07, 6.45) is 2.67. The van der Waals surface area contributed by atoms with Crippen LogP contribution in [0.5, 0.6) is 11.5 Å². The van der Waals surface area contributed by atoms with Crippen LogP contribution in [0.15, 0.2) is 34.7 Å². The van der Waals surface area contributed by atoms with E-state index in [0.717, 1.165) is 26.9 Å². The minimum atomic E-state index is -0.988. The Morgan fingerprint density at radius 2 is 1.57 bits per heavy atom. The first kappa shape index (κ1) is 27.7. The second-order valence-electron chi connectivity index (χ2n) is 11.9. The summed E-state index contributed by atoms with van der Waals surface area (Å²) in [7, 11) is 1.58. The van der Waals surface area contributed by atoms with Gasteiger partial charge in [0, 0.05) is 41.3 Å². The lowest BCUT2D eigenvalue weighted by atomic mass is 9.63. The van der Waals surface area contributed by atoms with E-state index in [1.54, 1.807) is 12.0 Å². The number of aliphatic carboxylic acids is 1. The summed E-state index contributed by atoms with van der Waals surface area (Å²) in [5, 5.41) is 9.84. The van der Waals surface area contributed by atoms with Crippen molar-refractivity contribution in [3.8, 4) is 11.5 Å². The van der Waals surface area contributed by atoms with Crippen LogP contribution in [0.1, 0.15) is 78.2 Å². The number of carboxylic acids is 1. The summed E-state index contributed by atoms with van der Waals surface area (Å²) in [5.41, 5.74) is 2.73. The highest BCUT2D eigenvalue weighted by molar-refractivity contribution is 14.1. The first-order valence-corrected chi connectivity index (χ1v) is 13.9. The molecule has 0 atom stereocenters. The number of ether oxygens (including phenoxy) is 2. The van der Waals surface area contributed by atoms with E-state index in [2.05, 4.69) is 22.6 Å². The maximum Gasteiger partial charge on any atom is 0.323 e. The van der Waals surface area contributed by atoms with Crippen molar-refractivity contribution in [2.75, 3.05) is 20.3 Å². The number of carbonyl (C=O) groups excluding carboxylic acids is 2. The van der Waals surface area contributed by atoms with Crippen molar-refractivity contribution in [3.05, 3.63) is 43.8 Å². The Labute approximate surface area is 232 Å². The Kier molecular flexibility index (Phi) is 7.53. The summed E-state index contributed by atoms with van der Waals surface area (Å²) in [5.74, 6) is -0.415. The van der Waals surface area contributed by atoms with Crippen LogP contribution in [0.2, 0.25) is 0 Å². The number of rotatable bonds is 7. The van der Waals surface area contributed by atoms with Gasteiger partial charge in [-0.1, -0.05) is 34.6 Å². The van der Waals surface area contributed by atoms with Crippen molar-refractivity contribution in [2.45, 2.75) is 72.6 Å². The van der Waals surface area contributed by atoms with Crippen LogP contribution < -0.4 is 9.47 Å². The van der Waals surface area contributed by atoms with Gasteiger partial charge in [-0.05, 0) is 70.4 Å². The van der Waals surface area contributed by atoms with Crippen molar-refractivity contribution in [1.82, 2.24) is 4.90 Å². The number of Topliss-reactive ketones (excluding diaryl/α,β-unsaturated/α-hetero) is 2. The summed E-state index contributed by atoms with van der Waals surface area (Å²) in [4.78, 5) is 41.4. The van der Waals surface area contributed by atoms with Crippen LogP contribution in [0.4, 0.5) is 0 Å². The van der Waals surface area contributed by atoms with Gasteiger partial charge >= 0.3 is 5.97 Å². The van der Waals surface area contributed by atoms with E-state index < -0.39 is 11.9 Å². The molecule has 0 amide bonds. The highest BCUT2D eigenvalue weighted by atomic mass is 127. The van der Waals surface area contributed by atoms with Gasteiger partial charge in [0.2, 0.25) is 0 Å². The average Bonchev–Trinajstić information content (AvgIpc) is 2.77. The lowest BCUT2D eigenvalue weighted by Gasteiger charge is -2.48. The molecule has 0 radical (unpaired) electrons.